The van der Waals surface area contributed by atoms with Crippen LogP contribution >= 0.6 is 24.0 Å². The molecule has 0 radical (unpaired) electrons. The second-order valence-corrected chi connectivity index (χ2v) is 9.04. The minimum Gasteiger partial charge on any atom is -0.444 e. The molecule has 0 aromatic heterocycles. The molecule has 3 rings (SSSR count). The topological polar surface area (TPSA) is 112 Å². The first kappa shape index (κ1) is 25.4. The van der Waals surface area contributed by atoms with E-state index in [9.17, 15) is 14.4 Å². The first-order valence-electron chi connectivity index (χ1n) is 10.7. The molecule has 2 bridgehead atoms. The van der Waals surface area contributed by atoms with Gasteiger partial charge in [0.2, 0.25) is 11.8 Å². The van der Waals surface area contributed by atoms with Gasteiger partial charge in [0.15, 0.2) is 5.96 Å². The number of imide groups is 1. The molecule has 4 atom stereocenters. The molecule has 1 aliphatic heterocycles. The largest absolute Gasteiger partial charge is 0.444 e. The van der Waals surface area contributed by atoms with Gasteiger partial charge in [-0.25, -0.2) is 4.79 Å². The minimum atomic E-state index is -0.513. The number of hydrogen-bond donors (Lipinski definition) is 3. The zero-order valence-electron chi connectivity index (χ0n) is 18.6. The maximum absolute atomic E-state index is 12.7. The molecule has 1 saturated heterocycles. The molecule has 0 aromatic rings. The Morgan fingerprint density at radius 1 is 1.06 bits per heavy atom. The molecule has 4 unspecified atom stereocenters. The third kappa shape index (κ3) is 6.11. The van der Waals surface area contributed by atoms with Crippen molar-refractivity contribution in [2.45, 2.75) is 39.2 Å². The molecule has 31 heavy (non-hydrogen) atoms. The van der Waals surface area contributed by atoms with Gasteiger partial charge >= 0.3 is 6.09 Å². The lowest BCUT2D eigenvalue weighted by Gasteiger charge is -2.20. The minimum absolute atomic E-state index is 0. The number of alkyl carbamates (subject to hydrolysis) is 1. The van der Waals surface area contributed by atoms with Crippen LogP contribution in [-0.4, -0.2) is 67.6 Å². The van der Waals surface area contributed by atoms with E-state index < -0.39 is 11.7 Å². The van der Waals surface area contributed by atoms with E-state index in [2.05, 4.69) is 33.1 Å². The highest BCUT2D eigenvalue weighted by Crippen LogP contribution is 2.52. The number of allylic oxidation sites excluding steroid dienone is 2. The van der Waals surface area contributed by atoms with Crippen LogP contribution < -0.4 is 16.0 Å². The molecule has 3 aliphatic rings. The van der Waals surface area contributed by atoms with Gasteiger partial charge in [0.1, 0.15) is 5.60 Å². The fourth-order valence-corrected chi connectivity index (χ4v) is 4.49. The SMILES string of the molecule is CN=C(NCCCNC(=O)OC(C)(C)C)NCCN1C(=O)C2C3C=CC(C3)C2C1=O.I. The standard InChI is InChI=1S/C21H33N5O4.HI/c1-21(2,3)30-20(29)25-9-5-8-23-19(22-4)24-10-11-26-17(27)15-13-6-7-14(12-13)16(15)18(26)28;/h6-7,13-16H,5,8-12H2,1-4H3,(H,25,29)(H2,22,23,24);1H. The maximum atomic E-state index is 12.7. The van der Waals surface area contributed by atoms with Crippen LogP contribution in [0.25, 0.3) is 0 Å². The number of nitrogens with one attached hydrogen (secondary N) is 3. The quantitative estimate of drug-likeness (QED) is 0.111. The molecule has 1 saturated carbocycles. The zero-order valence-corrected chi connectivity index (χ0v) is 21.0. The number of fused-ring (bicyclic) bond motifs is 5. The Hall–Kier alpha value is -1.85. The number of ether oxygens (including phenoxy) is 1. The van der Waals surface area contributed by atoms with Gasteiger partial charge in [-0.05, 0) is 45.4 Å². The normalized spacial score (nSPS) is 26.6. The number of likely N-dealkylation sites (tertiary alicyclic amines) is 1. The number of amides is 3. The molecule has 0 spiro atoms. The Labute approximate surface area is 200 Å². The first-order valence-corrected chi connectivity index (χ1v) is 10.7. The number of hydrogen-bond acceptors (Lipinski definition) is 5. The summed E-state index contributed by atoms with van der Waals surface area (Å²) < 4.78 is 5.18. The highest BCUT2D eigenvalue weighted by molar-refractivity contribution is 14.0. The summed E-state index contributed by atoms with van der Waals surface area (Å²) in [5.74, 6) is 0.703. The second kappa shape index (κ2) is 10.6. The van der Waals surface area contributed by atoms with Gasteiger partial charge in [0.25, 0.3) is 0 Å². The van der Waals surface area contributed by atoms with Crippen LogP contribution in [0.2, 0.25) is 0 Å². The van der Waals surface area contributed by atoms with Gasteiger partial charge in [-0.1, -0.05) is 12.2 Å². The number of guanidine groups is 1. The Morgan fingerprint density at radius 3 is 2.16 bits per heavy atom. The molecule has 1 heterocycles. The van der Waals surface area contributed by atoms with Crippen LogP contribution in [0.4, 0.5) is 4.79 Å². The lowest BCUT2D eigenvalue weighted by molar-refractivity contribution is -0.140. The van der Waals surface area contributed by atoms with Crippen LogP contribution in [0.3, 0.4) is 0 Å². The van der Waals surface area contributed by atoms with Crippen molar-refractivity contribution in [2.75, 3.05) is 33.2 Å². The van der Waals surface area contributed by atoms with Crippen molar-refractivity contribution in [3.63, 3.8) is 0 Å². The van der Waals surface area contributed by atoms with Gasteiger partial charge in [0.05, 0.1) is 11.8 Å². The Bertz CT molecular complexity index is 719. The zero-order chi connectivity index (χ0) is 21.9. The van der Waals surface area contributed by atoms with E-state index in [4.69, 9.17) is 4.74 Å². The molecule has 3 N–H and O–H groups in total. The number of aliphatic imine (C=N–C) groups is 1. The van der Waals surface area contributed by atoms with Crippen LogP contribution in [0, 0.1) is 23.7 Å². The lowest BCUT2D eigenvalue weighted by Crippen LogP contribution is -2.44. The van der Waals surface area contributed by atoms with Crippen LogP contribution in [-0.2, 0) is 14.3 Å². The van der Waals surface area contributed by atoms with Gasteiger partial charge in [-0.15, -0.1) is 24.0 Å². The highest BCUT2D eigenvalue weighted by atomic mass is 127. The first-order chi connectivity index (χ1) is 14.2. The van der Waals surface area contributed by atoms with Gasteiger partial charge in [-0.3, -0.25) is 19.5 Å². The fraction of sp³-hybridized carbons (Fsp3) is 0.714. The van der Waals surface area contributed by atoms with Crippen LogP contribution in [0.1, 0.15) is 33.6 Å². The number of carbonyl (C=O) groups is 3. The van der Waals surface area contributed by atoms with Crippen molar-refractivity contribution in [2.24, 2.45) is 28.7 Å². The van der Waals surface area contributed by atoms with E-state index in [0.717, 1.165) is 6.42 Å². The summed E-state index contributed by atoms with van der Waals surface area (Å²) in [5.41, 5.74) is -0.513. The molecular weight excluding hydrogens is 513 g/mol. The van der Waals surface area contributed by atoms with Crippen molar-refractivity contribution in [1.82, 2.24) is 20.9 Å². The van der Waals surface area contributed by atoms with Crippen molar-refractivity contribution in [3.05, 3.63) is 12.2 Å². The molecule has 9 nitrogen and oxygen atoms in total. The Kier molecular flexibility index (Phi) is 8.73. The van der Waals surface area contributed by atoms with Crippen molar-refractivity contribution >= 4 is 47.8 Å². The van der Waals surface area contributed by atoms with Crippen molar-refractivity contribution < 1.29 is 19.1 Å². The number of carbonyl (C=O) groups excluding carboxylic acids is 3. The summed E-state index contributed by atoms with van der Waals surface area (Å²) in [7, 11) is 1.66. The second-order valence-electron chi connectivity index (χ2n) is 9.04. The molecule has 3 amide bonds. The molecule has 10 heteroatoms. The number of nitrogens with zero attached hydrogens (tertiary/aromatic N) is 2. The van der Waals surface area contributed by atoms with Gasteiger partial charge in [0, 0.05) is 33.2 Å². The van der Waals surface area contributed by atoms with E-state index >= 15 is 0 Å². The van der Waals surface area contributed by atoms with E-state index in [1.54, 1.807) is 7.05 Å². The smallest absolute Gasteiger partial charge is 0.407 e. The summed E-state index contributed by atoms with van der Waals surface area (Å²) in [6.07, 6.45) is 5.41. The van der Waals surface area contributed by atoms with E-state index in [1.165, 1.54) is 4.90 Å². The van der Waals surface area contributed by atoms with Gasteiger partial charge < -0.3 is 20.7 Å². The summed E-state index contributed by atoms with van der Waals surface area (Å²) in [5, 5.41) is 8.99. The maximum Gasteiger partial charge on any atom is 0.407 e. The highest BCUT2D eigenvalue weighted by Gasteiger charge is 2.58. The monoisotopic (exact) mass is 547 g/mol. The average Bonchev–Trinajstić information content (AvgIpc) is 3.34. The Balaban J connectivity index is 0.00000341. The summed E-state index contributed by atoms with van der Waals surface area (Å²) >= 11 is 0. The number of rotatable bonds is 7. The van der Waals surface area contributed by atoms with E-state index in [0.29, 0.717) is 38.6 Å². The molecule has 0 aromatic carbocycles. The van der Waals surface area contributed by atoms with Crippen molar-refractivity contribution in [1.29, 1.82) is 0 Å². The van der Waals surface area contributed by atoms with E-state index in [-0.39, 0.29) is 59.5 Å². The van der Waals surface area contributed by atoms with Gasteiger partial charge in [-0.2, -0.15) is 0 Å². The predicted molar refractivity (Wildman–Crippen MR) is 128 cm³/mol. The third-order valence-electron chi connectivity index (χ3n) is 5.73. The predicted octanol–water partition coefficient (Wildman–Crippen LogP) is 1.49. The molecule has 2 fully saturated rings. The summed E-state index contributed by atoms with van der Waals surface area (Å²) in [6.45, 7) is 7.33. The number of halogens is 1. The van der Waals surface area contributed by atoms with Crippen molar-refractivity contribution in [3.8, 4) is 0 Å². The van der Waals surface area contributed by atoms with Crippen LogP contribution in [0.15, 0.2) is 17.1 Å². The third-order valence-corrected chi connectivity index (χ3v) is 5.73. The summed E-state index contributed by atoms with van der Waals surface area (Å²) in [4.78, 5) is 42.5. The molecule has 174 valence electrons. The van der Waals surface area contributed by atoms with E-state index in [1.807, 2.05) is 20.8 Å². The molecular formula is C21H34IN5O4. The molecule has 2 aliphatic carbocycles. The Morgan fingerprint density at radius 2 is 1.61 bits per heavy atom. The lowest BCUT2D eigenvalue weighted by atomic mass is 9.85. The average molecular weight is 547 g/mol. The fourth-order valence-electron chi connectivity index (χ4n) is 4.49. The van der Waals surface area contributed by atoms with Crippen LogP contribution in [0.5, 0.6) is 0 Å². The summed E-state index contributed by atoms with van der Waals surface area (Å²) in [6, 6.07) is 0.